The average Bonchev–Trinajstić information content (AvgIpc) is 3.36. The van der Waals surface area contributed by atoms with Gasteiger partial charge in [0.1, 0.15) is 0 Å². The standard InChI is InChI=1S/C26H37N5O.HI/c1-5-19(2)25(32)30-23-12-8-10-21(16-23)18-28-26(27-4)29-20(3)22-11-9-13-24(17-22)31-14-6-7-15-31;/h8-13,16-17,19-20H,5-7,14-15,18H2,1-4H3,(H,30,32)(H2,27,28,29);1H. The Bertz CT molecular complexity index is 926. The van der Waals surface area contributed by atoms with Gasteiger partial charge in [-0.05, 0) is 61.6 Å². The Morgan fingerprint density at radius 2 is 1.82 bits per heavy atom. The summed E-state index contributed by atoms with van der Waals surface area (Å²) in [5, 5.41) is 9.88. The van der Waals surface area contributed by atoms with Gasteiger partial charge in [-0.1, -0.05) is 38.1 Å². The summed E-state index contributed by atoms with van der Waals surface area (Å²) >= 11 is 0. The molecule has 2 atom stereocenters. The van der Waals surface area contributed by atoms with Gasteiger partial charge in [0.15, 0.2) is 5.96 Å². The molecule has 0 radical (unpaired) electrons. The molecule has 7 heteroatoms. The van der Waals surface area contributed by atoms with Gasteiger partial charge in [0.25, 0.3) is 0 Å². The van der Waals surface area contributed by atoms with E-state index in [0.717, 1.165) is 36.7 Å². The minimum atomic E-state index is 0. The van der Waals surface area contributed by atoms with Gasteiger partial charge in [-0.3, -0.25) is 9.79 Å². The third-order valence-electron chi connectivity index (χ3n) is 6.13. The molecule has 3 rings (SSSR count). The first-order chi connectivity index (χ1) is 15.5. The molecule has 1 heterocycles. The summed E-state index contributed by atoms with van der Waals surface area (Å²) in [5.41, 5.74) is 4.45. The molecule has 180 valence electrons. The van der Waals surface area contributed by atoms with Crippen molar-refractivity contribution in [3.8, 4) is 0 Å². The van der Waals surface area contributed by atoms with Gasteiger partial charge < -0.3 is 20.9 Å². The van der Waals surface area contributed by atoms with Crippen LogP contribution in [0.1, 0.15) is 57.2 Å². The fourth-order valence-electron chi connectivity index (χ4n) is 3.84. The number of aliphatic imine (C=N–C) groups is 1. The fourth-order valence-corrected chi connectivity index (χ4v) is 3.84. The van der Waals surface area contributed by atoms with Gasteiger partial charge >= 0.3 is 0 Å². The van der Waals surface area contributed by atoms with Gasteiger partial charge in [0.05, 0.1) is 6.04 Å². The number of carbonyl (C=O) groups excluding carboxylic acids is 1. The van der Waals surface area contributed by atoms with Crippen molar-refractivity contribution in [2.24, 2.45) is 10.9 Å². The molecule has 33 heavy (non-hydrogen) atoms. The van der Waals surface area contributed by atoms with Crippen molar-refractivity contribution < 1.29 is 4.79 Å². The first-order valence-electron chi connectivity index (χ1n) is 11.7. The number of anilines is 2. The van der Waals surface area contributed by atoms with E-state index in [-0.39, 0.29) is 41.8 Å². The highest BCUT2D eigenvalue weighted by Gasteiger charge is 2.15. The predicted molar refractivity (Wildman–Crippen MR) is 150 cm³/mol. The maximum absolute atomic E-state index is 12.2. The van der Waals surface area contributed by atoms with Crippen LogP contribution in [0.3, 0.4) is 0 Å². The topological polar surface area (TPSA) is 68.8 Å². The van der Waals surface area contributed by atoms with Crippen LogP contribution in [0.15, 0.2) is 53.5 Å². The highest BCUT2D eigenvalue weighted by Crippen LogP contribution is 2.24. The molecule has 0 saturated carbocycles. The van der Waals surface area contributed by atoms with Crippen LogP contribution >= 0.6 is 24.0 Å². The van der Waals surface area contributed by atoms with Crippen LogP contribution in [0, 0.1) is 5.92 Å². The van der Waals surface area contributed by atoms with Gasteiger partial charge in [-0.2, -0.15) is 0 Å². The van der Waals surface area contributed by atoms with Crippen molar-refractivity contribution in [1.82, 2.24) is 10.6 Å². The van der Waals surface area contributed by atoms with E-state index < -0.39 is 0 Å². The molecule has 1 fully saturated rings. The van der Waals surface area contributed by atoms with E-state index in [0.29, 0.717) is 6.54 Å². The van der Waals surface area contributed by atoms with Crippen molar-refractivity contribution in [2.75, 3.05) is 30.4 Å². The molecule has 0 spiro atoms. The minimum absolute atomic E-state index is 0. The maximum atomic E-state index is 12.2. The number of nitrogens with one attached hydrogen (secondary N) is 3. The largest absolute Gasteiger partial charge is 0.372 e. The minimum Gasteiger partial charge on any atom is -0.372 e. The van der Waals surface area contributed by atoms with E-state index in [9.17, 15) is 4.79 Å². The van der Waals surface area contributed by atoms with E-state index in [2.05, 4.69) is 57.0 Å². The number of rotatable bonds is 8. The zero-order valence-corrected chi connectivity index (χ0v) is 22.6. The SMILES string of the molecule is CCC(C)C(=O)Nc1cccc(CNC(=NC)NC(C)c2cccc(N3CCCC3)c2)c1.I. The average molecular weight is 564 g/mol. The molecule has 1 amide bonds. The molecule has 2 unspecified atom stereocenters. The lowest BCUT2D eigenvalue weighted by atomic mass is 10.1. The van der Waals surface area contributed by atoms with Crippen molar-refractivity contribution in [2.45, 2.75) is 52.6 Å². The molecule has 2 aromatic rings. The Labute approximate surface area is 215 Å². The van der Waals surface area contributed by atoms with E-state index in [1.165, 1.54) is 24.1 Å². The Hall–Kier alpha value is -2.29. The summed E-state index contributed by atoms with van der Waals surface area (Å²) in [6.07, 6.45) is 3.38. The number of amides is 1. The second kappa shape index (κ2) is 13.4. The molecule has 1 aliphatic heterocycles. The van der Waals surface area contributed by atoms with Crippen LogP contribution < -0.4 is 20.9 Å². The third-order valence-corrected chi connectivity index (χ3v) is 6.13. The van der Waals surface area contributed by atoms with Crippen molar-refractivity contribution in [1.29, 1.82) is 0 Å². The van der Waals surface area contributed by atoms with Crippen LogP contribution in [-0.2, 0) is 11.3 Å². The first-order valence-corrected chi connectivity index (χ1v) is 11.7. The summed E-state index contributed by atoms with van der Waals surface area (Å²) in [5.74, 6) is 0.809. The van der Waals surface area contributed by atoms with Crippen molar-refractivity contribution in [3.63, 3.8) is 0 Å². The van der Waals surface area contributed by atoms with Crippen molar-refractivity contribution in [3.05, 3.63) is 59.7 Å². The van der Waals surface area contributed by atoms with Gasteiger partial charge in [0, 0.05) is 44.0 Å². The number of nitrogens with zero attached hydrogens (tertiary/aromatic N) is 2. The lowest BCUT2D eigenvalue weighted by Crippen LogP contribution is -2.38. The summed E-state index contributed by atoms with van der Waals surface area (Å²) in [4.78, 5) is 19.0. The van der Waals surface area contributed by atoms with Crippen LogP contribution in [0.4, 0.5) is 11.4 Å². The van der Waals surface area contributed by atoms with Gasteiger partial charge in [-0.15, -0.1) is 24.0 Å². The number of hydrogen-bond acceptors (Lipinski definition) is 3. The summed E-state index contributed by atoms with van der Waals surface area (Å²) in [6, 6.07) is 16.8. The highest BCUT2D eigenvalue weighted by atomic mass is 127. The molecule has 1 aliphatic rings. The molecular weight excluding hydrogens is 525 g/mol. The van der Waals surface area contributed by atoms with E-state index >= 15 is 0 Å². The van der Waals surface area contributed by atoms with Crippen LogP contribution in [0.2, 0.25) is 0 Å². The molecule has 2 aromatic carbocycles. The first kappa shape index (κ1) is 27.0. The molecule has 6 nitrogen and oxygen atoms in total. The Morgan fingerprint density at radius 1 is 1.09 bits per heavy atom. The number of guanidine groups is 1. The number of benzene rings is 2. The highest BCUT2D eigenvalue weighted by molar-refractivity contribution is 14.0. The molecule has 3 N–H and O–H groups in total. The smallest absolute Gasteiger partial charge is 0.227 e. The number of carbonyl (C=O) groups is 1. The van der Waals surface area contributed by atoms with Gasteiger partial charge in [-0.25, -0.2) is 0 Å². The molecule has 0 aliphatic carbocycles. The summed E-state index contributed by atoms with van der Waals surface area (Å²) < 4.78 is 0. The normalized spacial score (nSPS) is 15.4. The molecule has 0 aromatic heterocycles. The van der Waals surface area contributed by atoms with Gasteiger partial charge in [0.2, 0.25) is 5.91 Å². The predicted octanol–water partition coefficient (Wildman–Crippen LogP) is 5.32. The molecule has 0 bridgehead atoms. The maximum Gasteiger partial charge on any atom is 0.227 e. The molecular formula is C26H38IN5O. The number of halogens is 1. The van der Waals surface area contributed by atoms with Crippen LogP contribution in [0.25, 0.3) is 0 Å². The van der Waals surface area contributed by atoms with E-state index in [1.54, 1.807) is 7.05 Å². The summed E-state index contributed by atoms with van der Waals surface area (Å²) in [6.45, 7) is 9.02. The zero-order chi connectivity index (χ0) is 22.9. The van der Waals surface area contributed by atoms with Crippen LogP contribution in [-0.4, -0.2) is 32.0 Å². The lowest BCUT2D eigenvalue weighted by Gasteiger charge is -2.22. The number of hydrogen-bond donors (Lipinski definition) is 3. The zero-order valence-electron chi connectivity index (χ0n) is 20.2. The monoisotopic (exact) mass is 563 g/mol. The Kier molecular flexibility index (Phi) is 11.0. The summed E-state index contributed by atoms with van der Waals surface area (Å²) in [7, 11) is 1.78. The van der Waals surface area contributed by atoms with Crippen molar-refractivity contribution >= 4 is 47.2 Å². The Morgan fingerprint density at radius 3 is 2.52 bits per heavy atom. The second-order valence-electron chi connectivity index (χ2n) is 8.58. The molecule has 1 saturated heterocycles. The second-order valence-corrected chi connectivity index (χ2v) is 8.58. The van der Waals surface area contributed by atoms with E-state index in [4.69, 9.17) is 0 Å². The van der Waals surface area contributed by atoms with Crippen LogP contribution in [0.5, 0.6) is 0 Å². The van der Waals surface area contributed by atoms with E-state index in [1.807, 2.05) is 38.1 Å². The lowest BCUT2D eigenvalue weighted by molar-refractivity contribution is -0.119. The quantitative estimate of drug-likeness (QED) is 0.231. The third kappa shape index (κ3) is 7.91. The Balaban J connectivity index is 0.00000385. The fraction of sp³-hybridized carbons (Fsp3) is 0.462.